The number of nitro benzene ring substituents is 1. The van der Waals surface area contributed by atoms with Crippen molar-refractivity contribution < 1.29 is 24.4 Å². The predicted octanol–water partition coefficient (Wildman–Crippen LogP) is 1.88. The Morgan fingerprint density at radius 2 is 2.04 bits per heavy atom. The molecular formula is C15H18N2O6. The number of ether oxygens (including phenoxy) is 1. The number of aliphatic carboxylic acids is 1. The maximum Gasteiger partial charge on any atom is 0.305 e. The first-order valence-electron chi connectivity index (χ1n) is 7.30. The second-order valence-corrected chi connectivity index (χ2v) is 5.65. The van der Waals surface area contributed by atoms with E-state index in [-0.39, 0.29) is 24.5 Å². The molecule has 1 aliphatic carbocycles. The highest BCUT2D eigenvalue weighted by molar-refractivity contribution is 5.79. The zero-order valence-corrected chi connectivity index (χ0v) is 12.5. The van der Waals surface area contributed by atoms with Crippen molar-refractivity contribution in [2.45, 2.75) is 37.6 Å². The van der Waals surface area contributed by atoms with Crippen molar-refractivity contribution in [2.24, 2.45) is 0 Å². The first kappa shape index (κ1) is 16.7. The van der Waals surface area contributed by atoms with Gasteiger partial charge in [-0.15, -0.1) is 0 Å². The number of non-ortho nitro benzene ring substituents is 1. The maximum absolute atomic E-state index is 12.0. The molecule has 0 aromatic heterocycles. The molecular weight excluding hydrogens is 304 g/mol. The molecule has 0 spiro atoms. The van der Waals surface area contributed by atoms with E-state index in [1.54, 1.807) is 0 Å². The molecule has 23 heavy (non-hydrogen) atoms. The van der Waals surface area contributed by atoms with Crippen LogP contribution in [0.4, 0.5) is 5.69 Å². The molecule has 1 fully saturated rings. The summed E-state index contributed by atoms with van der Waals surface area (Å²) < 4.78 is 5.25. The topological polar surface area (TPSA) is 119 Å². The highest BCUT2D eigenvalue weighted by atomic mass is 16.6. The highest BCUT2D eigenvalue weighted by Gasteiger charge is 2.37. The second kappa shape index (κ2) is 7.08. The Bertz CT molecular complexity index is 610. The second-order valence-electron chi connectivity index (χ2n) is 5.65. The minimum absolute atomic E-state index is 0.116. The standard InChI is InChI=1S/C15H18N2O6/c18-13(16-15(9-14(19)20)6-1-2-7-15)10-23-12-5-3-4-11(8-12)17(21)22/h3-5,8H,1-2,6-7,9-10H2,(H,16,18)(H,19,20). The van der Waals surface area contributed by atoms with E-state index in [2.05, 4.69) is 5.32 Å². The Morgan fingerprint density at radius 1 is 1.35 bits per heavy atom. The van der Waals surface area contributed by atoms with Gasteiger partial charge in [0.05, 0.1) is 22.9 Å². The molecule has 8 nitrogen and oxygen atoms in total. The van der Waals surface area contributed by atoms with Gasteiger partial charge in [0.2, 0.25) is 0 Å². The van der Waals surface area contributed by atoms with Gasteiger partial charge in [-0.05, 0) is 18.9 Å². The van der Waals surface area contributed by atoms with Crippen LogP contribution in [0.3, 0.4) is 0 Å². The van der Waals surface area contributed by atoms with Gasteiger partial charge in [0.1, 0.15) is 5.75 Å². The van der Waals surface area contributed by atoms with Crippen LogP contribution in [0.2, 0.25) is 0 Å². The minimum atomic E-state index is -0.952. The van der Waals surface area contributed by atoms with E-state index in [4.69, 9.17) is 9.84 Å². The first-order valence-corrected chi connectivity index (χ1v) is 7.30. The number of nitrogens with one attached hydrogen (secondary N) is 1. The van der Waals surface area contributed by atoms with Crippen LogP contribution in [-0.2, 0) is 9.59 Å². The molecule has 124 valence electrons. The number of hydrogen-bond donors (Lipinski definition) is 2. The SMILES string of the molecule is O=C(O)CC1(NC(=O)COc2cccc([N+](=O)[O-])c2)CCCC1. The van der Waals surface area contributed by atoms with Gasteiger partial charge in [0.15, 0.2) is 6.61 Å². The summed E-state index contributed by atoms with van der Waals surface area (Å²) in [7, 11) is 0. The Kier molecular flexibility index (Phi) is 5.15. The fourth-order valence-corrected chi connectivity index (χ4v) is 2.85. The number of benzene rings is 1. The van der Waals surface area contributed by atoms with E-state index >= 15 is 0 Å². The van der Waals surface area contributed by atoms with Crippen LogP contribution >= 0.6 is 0 Å². The van der Waals surface area contributed by atoms with Gasteiger partial charge in [0, 0.05) is 6.07 Å². The molecule has 0 atom stereocenters. The Balaban J connectivity index is 1.92. The third-order valence-corrected chi connectivity index (χ3v) is 3.85. The molecule has 0 aliphatic heterocycles. The van der Waals surface area contributed by atoms with Gasteiger partial charge >= 0.3 is 5.97 Å². The summed E-state index contributed by atoms with van der Waals surface area (Å²) in [5, 5.41) is 22.4. The molecule has 2 N–H and O–H groups in total. The number of amides is 1. The van der Waals surface area contributed by atoms with E-state index in [1.165, 1.54) is 24.3 Å². The highest BCUT2D eigenvalue weighted by Crippen LogP contribution is 2.32. The van der Waals surface area contributed by atoms with E-state index in [0.29, 0.717) is 12.8 Å². The maximum atomic E-state index is 12.0. The molecule has 0 unspecified atom stereocenters. The molecule has 0 bridgehead atoms. The molecule has 0 radical (unpaired) electrons. The van der Waals surface area contributed by atoms with Crippen molar-refractivity contribution in [3.63, 3.8) is 0 Å². The largest absolute Gasteiger partial charge is 0.484 e. The van der Waals surface area contributed by atoms with Crippen LogP contribution in [-0.4, -0.2) is 34.1 Å². The number of rotatable bonds is 7. The smallest absolute Gasteiger partial charge is 0.305 e. The molecule has 1 amide bonds. The van der Waals surface area contributed by atoms with E-state index < -0.39 is 22.3 Å². The number of carbonyl (C=O) groups excluding carboxylic acids is 1. The van der Waals surface area contributed by atoms with E-state index in [1.807, 2.05) is 0 Å². The number of nitrogens with zero attached hydrogens (tertiary/aromatic N) is 1. The van der Waals surface area contributed by atoms with Crippen molar-refractivity contribution >= 4 is 17.6 Å². The Hall–Kier alpha value is -2.64. The van der Waals surface area contributed by atoms with Gasteiger partial charge in [-0.25, -0.2) is 0 Å². The lowest BCUT2D eigenvalue weighted by Gasteiger charge is -2.28. The monoisotopic (exact) mass is 322 g/mol. The van der Waals surface area contributed by atoms with Crippen LogP contribution in [0, 0.1) is 10.1 Å². The molecule has 1 saturated carbocycles. The third-order valence-electron chi connectivity index (χ3n) is 3.85. The van der Waals surface area contributed by atoms with Crippen molar-refractivity contribution in [2.75, 3.05) is 6.61 Å². The van der Waals surface area contributed by atoms with E-state index in [0.717, 1.165) is 12.8 Å². The molecule has 0 heterocycles. The summed E-state index contributed by atoms with van der Waals surface area (Å²) >= 11 is 0. The average molecular weight is 322 g/mol. The van der Waals surface area contributed by atoms with Crippen LogP contribution in [0.25, 0.3) is 0 Å². The van der Waals surface area contributed by atoms with E-state index in [9.17, 15) is 19.7 Å². The Labute approximate surface area is 132 Å². The lowest BCUT2D eigenvalue weighted by atomic mass is 9.93. The first-order chi connectivity index (χ1) is 10.9. The molecule has 2 rings (SSSR count). The Morgan fingerprint density at radius 3 is 2.65 bits per heavy atom. The summed E-state index contributed by atoms with van der Waals surface area (Å²) in [6.45, 7) is -0.317. The fourth-order valence-electron chi connectivity index (χ4n) is 2.85. The number of hydrogen-bond acceptors (Lipinski definition) is 5. The number of nitro groups is 1. The lowest BCUT2D eigenvalue weighted by molar-refractivity contribution is -0.384. The van der Waals surface area contributed by atoms with Crippen molar-refractivity contribution in [3.05, 3.63) is 34.4 Å². The number of carboxylic acid groups (broad SMARTS) is 1. The number of carbonyl (C=O) groups is 2. The van der Waals surface area contributed by atoms with Crippen LogP contribution in [0.5, 0.6) is 5.75 Å². The van der Waals surface area contributed by atoms with Crippen LogP contribution in [0.1, 0.15) is 32.1 Å². The summed E-state index contributed by atoms with van der Waals surface area (Å²) in [5.41, 5.74) is -0.837. The van der Waals surface area contributed by atoms with Gasteiger partial charge in [-0.3, -0.25) is 19.7 Å². The number of carboxylic acids is 1. The van der Waals surface area contributed by atoms with Gasteiger partial charge in [0.25, 0.3) is 11.6 Å². The van der Waals surface area contributed by atoms with Crippen LogP contribution in [0.15, 0.2) is 24.3 Å². The predicted molar refractivity (Wildman–Crippen MR) is 80.2 cm³/mol. The molecule has 1 aromatic rings. The normalized spacial score (nSPS) is 15.8. The summed E-state index contributed by atoms with van der Waals surface area (Å²) in [5.74, 6) is -1.17. The zero-order valence-electron chi connectivity index (χ0n) is 12.5. The summed E-state index contributed by atoms with van der Waals surface area (Å²) in [6.07, 6.45) is 2.89. The molecule has 8 heteroatoms. The minimum Gasteiger partial charge on any atom is -0.484 e. The quantitative estimate of drug-likeness (QED) is 0.584. The average Bonchev–Trinajstić information content (AvgIpc) is 2.92. The van der Waals surface area contributed by atoms with Gasteiger partial charge < -0.3 is 15.2 Å². The molecule has 1 aromatic carbocycles. The molecule has 1 aliphatic rings. The van der Waals surface area contributed by atoms with Gasteiger partial charge in [-0.1, -0.05) is 18.9 Å². The summed E-state index contributed by atoms with van der Waals surface area (Å²) in [4.78, 5) is 33.1. The zero-order chi connectivity index (χ0) is 16.9. The third kappa shape index (κ3) is 4.67. The van der Waals surface area contributed by atoms with Gasteiger partial charge in [-0.2, -0.15) is 0 Å². The van der Waals surface area contributed by atoms with Crippen LogP contribution < -0.4 is 10.1 Å². The summed E-state index contributed by atoms with van der Waals surface area (Å²) in [6, 6.07) is 5.54. The fraction of sp³-hybridized carbons (Fsp3) is 0.467. The van der Waals surface area contributed by atoms with Crippen molar-refractivity contribution in [1.29, 1.82) is 0 Å². The molecule has 0 saturated heterocycles. The van der Waals surface area contributed by atoms with Crippen molar-refractivity contribution in [3.8, 4) is 5.75 Å². The van der Waals surface area contributed by atoms with Crippen molar-refractivity contribution in [1.82, 2.24) is 5.32 Å². The lowest BCUT2D eigenvalue weighted by Crippen LogP contribution is -2.49.